The fourth-order valence-corrected chi connectivity index (χ4v) is 5.69. The lowest BCUT2D eigenvalue weighted by molar-refractivity contribution is -0.149. The van der Waals surface area contributed by atoms with Crippen molar-refractivity contribution in [2.75, 3.05) is 33.3 Å². The molecule has 0 aliphatic carbocycles. The summed E-state index contributed by atoms with van der Waals surface area (Å²) in [6.07, 6.45) is 2.25. The Hall–Kier alpha value is -4.32. The van der Waals surface area contributed by atoms with E-state index in [0.717, 1.165) is 17.7 Å². The first-order chi connectivity index (χ1) is 20.2. The van der Waals surface area contributed by atoms with Crippen LogP contribution in [0.1, 0.15) is 49.8 Å². The number of hydrogen-bond acceptors (Lipinski definition) is 6. The van der Waals surface area contributed by atoms with Crippen molar-refractivity contribution in [2.45, 2.75) is 44.1 Å². The van der Waals surface area contributed by atoms with E-state index in [4.69, 9.17) is 4.74 Å². The summed E-state index contributed by atoms with van der Waals surface area (Å²) in [6.45, 7) is 3.85. The first-order valence-electron chi connectivity index (χ1n) is 13.9. The highest BCUT2D eigenvalue weighted by Crippen LogP contribution is 2.37. The SMILES string of the molecule is CCN(C(=O)CCCN1CCC(C(=O)OC)(c2ccccc2)CC1)C1=C(NC=O)C(c2ccc(F)c(F)c2)NC(=O)N1. The zero-order valence-electron chi connectivity index (χ0n) is 23.6. The van der Waals surface area contributed by atoms with Crippen LogP contribution in [-0.2, 0) is 24.5 Å². The maximum atomic E-state index is 14.0. The van der Waals surface area contributed by atoms with Crippen LogP contribution in [0.25, 0.3) is 0 Å². The number of halogens is 2. The highest BCUT2D eigenvalue weighted by molar-refractivity contribution is 5.84. The van der Waals surface area contributed by atoms with Crippen molar-refractivity contribution in [1.29, 1.82) is 0 Å². The number of methoxy groups -OCH3 is 1. The van der Waals surface area contributed by atoms with Crippen LogP contribution in [0.4, 0.5) is 13.6 Å². The van der Waals surface area contributed by atoms with Gasteiger partial charge in [-0.3, -0.25) is 24.6 Å². The van der Waals surface area contributed by atoms with Crippen molar-refractivity contribution in [3.8, 4) is 0 Å². The number of piperidine rings is 1. The van der Waals surface area contributed by atoms with E-state index >= 15 is 0 Å². The number of benzene rings is 2. The summed E-state index contributed by atoms with van der Waals surface area (Å²) >= 11 is 0. The molecular formula is C30H35F2N5O5. The van der Waals surface area contributed by atoms with Gasteiger partial charge in [-0.15, -0.1) is 0 Å². The first-order valence-corrected chi connectivity index (χ1v) is 13.9. The number of carbonyl (C=O) groups excluding carboxylic acids is 4. The average molecular weight is 584 g/mol. The zero-order chi connectivity index (χ0) is 30.3. The lowest BCUT2D eigenvalue weighted by Crippen LogP contribution is -2.52. The maximum absolute atomic E-state index is 14.0. The van der Waals surface area contributed by atoms with Crippen molar-refractivity contribution >= 4 is 24.3 Å². The molecule has 2 aliphatic rings. The molecule has 4 rings (SSSR count). The van der Waals surface area contributed by atoms with E-state index in [2.05, 4.69) is 20.9 Å². The fraction of sp³-hybridized carbons (Fsp3) is 0.400. The minimum absolute atomic E-state index is 0.0665. The molecule has 1 saturated heterocycles. The normalized spacial score (nSPS) is 18.5. The molecule has 0 aromatic heterocycles. The van der Waals surface area contributed by atoms with Gasteiger partial charge >= 0.3 is 12.0 Å². The van der Waals surface area contributed by atoms with Crippen LogP contribution in [0.15, 0.2) is 60.0 Å². The molecule has 224 valence electrons. The molecule has 0 spiro atoms. The minimum atomic E-state index is -1.11. The second-order valence-electron chi connectivity index (χ2n) is 10.3. The molecule has 1 unspecified atom stereocenters. The van der Waals surface area contributed by atoms with Crippen molar-refractivity contribution in [3.05, 3.63) is 82.8 Å². The number of urea groups is 1. The second kappa shape index (κ2) is 13.6. The van der Waals surface area contributed by atoms with Crippen LogP contribution >= 0.6 is 0 Å². The molecule has 0 bridgehead atoms. The lowest BCUT2D eigenvalue weighted by Gasteiger charge is -2.40. The van der Waals surface area contributed by atoms with Crippen molar-refractivity contribution < 1.29 is 32.7 Å². The third kappa shape index (κ3) is 6.43. The number of amides is 4. The Kier molecular flexibility index (Phi) is 9.89. The Bertz CT molecular complexity index is 1340. The van der Waals surface area contributed by atoms with E-state index in [1.165, 1.54) is 18.1 Å². The standard InChI is InChI=1S/C30H35F2N5O5/c1-3-37(27-26(33-19-38)25(34-29(41)35-27)20-11-12-22(31)23(32)18-20)24(39)10-7-15-36-16-13-30(14-17-36,28(40)42-2)21-8-5-4-6-9-21/h4-6,8-9,11-12,18-19,25H,3,7,10,13-17H2,1-2H3,(H,33,38)(H2,34,35,41). The molecule has 1 fully saturated rings. The number of hydrogen-bond donors (Lipinski definition) is 3. The van der Waals surface area contributed by atoms with Crippen LogP contribution < -0.4 is 16.0 Å². The predicted octanol–water partition coefficient (Wildman–Crippen LogP) is 3.07. The Morgan fingerprint density at radius 3 is 2.48 bits per heavy atom. The van der Waals surface area contributed by atoms with E-state index in [0.29, 0.717) is 45.3 Å². The highest BCUT2D eigenvalue weighted by atomic mass is 19.2. The van der Waals surface area contributed by atoms with Crippen LogP contribution in [0, 0.1) is 11.6 Å². The minimum Gasteiger partial charge on any atom is -0.468 e. The van der Waals surface area contributed by atoms with Gasteiger partial charge in [-0.1, -0.05) is 36.4 Å². The quantitative estimate of drug-likeness (QED) is 0.276. The summed E-state index contributed by atoms with van der Waals surface area (Å²) in [6, 6.07) is 11.1. The maximum Gasteiger partial charge on any atom is 0.321 e. The van der Waals surface area contributed by atoms with Gasteiger partial charge in [0.1, 0.15) is 5.82 Å². The number of ether oxygens (including phenoxy) is 1. The highest BCUT2D eigenvalue weighted by Gasteiger charge is 2.43. The number of esters is 1. The van der Waals surface area contributed by atoms with Gasteiger partial charge in [0.25, 0.3) is 0 Å². The molecule has 2 aliphatic heterocycles. The summed E-state index contributed by atoms with van der Waals surface area (Å²) in [5.41, 5.74) is 0.552. The molecule has 0 saturated carbocycles. The topological polar surface area (TPSA) is 120 Å². The van der Waals surface area contributed by atoms with Gasteiger partial charge < -0.3 is 20.3 Å². The van der Waals surface area contributed by atoms with Gasteiger partial charge in [0.2, 0.25) is 12.3 Å². The molecule has 1 atom stereocenters. The van der Waals surface area contributed by atoms with Crippen LogP contribution in [0.5, 0.6) is 0 Å². The van der Waals surface area contributed by atoms with E-state index in [9.17, 15) is 28.0 Å². The van der Waals surface area contributed by atoms with E-state index in [1.807, 2.05) is 30.3 Å². The van der Waals surface area contributed by atoms with Crippen molar-refractivity contribution in [3.63, 3.8) is 0 Å². The Balaban J connectivity index is 1.43. The summed E-state index contributed by atoms with van der Waals surface area (Å²) in [5.74, 6) is -2.63. The molecule has 12 heteroatoms. The summed E-state index contributed by atoms with van der Waals surface area (Å²) in [5, 5.41) is 7.68. The number of likely N-dealkylation sites (tertiary alicyclic amines) is 1. The molecule has 42 heavy (non-hydrogen) atoms. The third-order valence-corrected chi connectivity index (χ3v) is 7.91. The molecule has 10 nitrogen and oxygen atoms in total. The zero-order valence-corrected chi connectivity index (χ0v) is 23.6. The van der Waals surface area contributed by atoms with E-state index in [-0.39, 0.29) is 41.9 Å². The van der Waals surface area contributed by atoms with Gasteiger partial charge in [-0.05, 0) is 69.1 Å². The van der Waals surface area contributed by atoms with Gasteiger partial charge in [0.15, 0.2) is 11.6 Å². The van der Waals surface area contributed by atoms with Crippen LogP contribution in [0.2, 0.25) is 0 Å². The first kappa shape index (κ1) is 30.6. The van der Waals surface area contributed by atoms with Crippen molar-refractivity contribution in [2.24, 2.45) is 0 Å². The average Bonchev–Trinajstić information content (AvgIpc) is 3.00. The van der Waals surface area contributed by atoms with Gasteiger partial charge in [0.05, 0.1) is 24.3 Å². The number of nitrogens with zero attached hydrogens (tertiary/aromatic N) is 2. The lowest BCUT2D eigenvalue weighted by atomic mass is 9.72. The smallest absolute Gasteiger partial charge is 0.321 e. The number of nitrogens with one attached hydrogen (secondary N) is 3. The molecule has 2 heterocycles. The monoisotopic (exact) mass is 583 g/mol. The molecule has 4 amide bonds. The Labute approximate surface area is 243 Å². The summed E-state index contributed by atoms with van der Waals surface area (Å²) in [4.78, 5) is 53.7. The molecule has 3 N–H and O–H groups in total. The number of carbonyl (C=O) groups is 4. The summed E-state index contributed by atoms with van der Waals surface area (Å²) < 4.78 is 32.7. The number of rotatable bonds is 11. The second-order valence-corrected chi connectivity index (χ2v) is 10.3. The molecule has 0 radical (unpaired) electrons. The van der Waals surface area contributed by atoms with Gasteiger partial charge in [-0.2, -0.15) is 0 Å². The van der Waals surface area contributed by atoms with Crippen LogP contribution in [-0.4, -0.2) is 67.4 Å². The Morgan fingerprint density at radius 2 is 1.86 bits per heavy atom. The Morgan fingerprint density at radius 1 is 1.14 bits per heavy atom. The van der Waals surface area contributed by atoms with E-state index < -0.39 is 29.1 Å². The molecule has 2 aromatic carbocycles. The summed E-state index contributed by atoms with van der Waals surface area (Å²) in [7, 11) is 1.40. The predicted molar refractivity (Wildman–Crippen MR) is 149 cm³/mol. The van der Waals surface area contributed by atoms with Crippen LogP contribution in [0.3, 0.4) is 0 Å². The molecular weight excluding hydrogens is 548 g/mol. The fourth-order valence-electron chi connectivity index (χ4n) is 5.69. The van der Waals surface area contributed by atoms with Gasteiger partial charge in [-0.25, -0.2) is 13.6 Å². The van der Waals surface area contributed by atoms with E-state index in [1.54, 1.807) is 6.92 Å². The van der Waals surface area contributed by atoms with Crippen molar-refractivity contribution in [1.82, 2.24) is 25.8 Å². The van der Waals surface area contributed by atoms with Gasteiger partial charge in [0, 0.05) is 13.0 Å². The third-order valence-electron chi connectivity index (χ3n) is 7.91. The largest absolute Gasteiger partial charge is 0.468 e. The molecule has 2 aromatic rings.